The standard InChI is InChI=1S/C27H27N3O4/c1-32-24-13-12-23(25(33-2)26(24)34-3)27(31)29-16-21-6-4-5-7-22(21)20-10-8-19(9-11-20)17-30-15-14-28-18-30/h4-15,18H,16-17H2,1-3H3,(H,29,31). The maximum atomic E-state index is 13.0. The van der Waals surface area contributed by atoms with E-state index in [-0.39, 0.29) is 5.91 Å². The summed E-state index contributed by atoms with van der Waals surface area (Å²) in [7, 11) is 4.55. The molecule has 7 heteroatoms. The Hall–Kier alpha value is -4.26. The number of methoxy groups -OCH3 is 3. The predicted molar refractivity (Wildman–Crippen MR) is 130 cm³/mol. The maximum Gasteiger partial charge on any atom is 0.255 e. The molecule has 0 atom stereocenters. The Morgan fingerprint density at radius 2 is 1.68 bits per heavy atom. The summed E-state index contributed by atoms with van der Waals surface area (Å²) < 4.78 is 18.2. The molecule has 0 unspecified atom stereocenters. The Kier molecular flexibility index (Phi) is 7.13. The summed E-state index contributed by atoms with van der Waals surface area (Å²) in [6.45, 7) is 1.13. The average molecular weight is 458 g/mol. The van der Waals surface area contributed by atoms with Crippen LogP contribution in [0.4, 0.5) is 0 Å². The largest absolute Gasteiger partial charge is 0.493 e. The van der Waals surface area contributed by atoms with Crippen molar-refractivity contribution in [3.63, 3.8) is 0 Å². The first-order valence-corrected chi connectivity index (χ1v) is 10.8. The molecule has 7 nitrogen and oxygen atoms in total. The molecule has 0 aliphatic rings. The highest BCUT2D eigenvalue weighted by atomic mass is 16.5. The first kappa shape index (κ1) is 22.9. The van der Waals surface area contributed by atoms with Gasteiger partial charge in [0.05, 0.1) is 33.2 Å². The molecule has 3 aromatic carbocycles. The topological polar surface area (TPSA) is 74.6 Å². The molecule has 1 aromatic heterocycles. The monoisotopic (exact) mass is 457 g/mol. The number of carbonyl (C=O) groups excluding carboxylic acids is 1. The van der Waals surface area contributed by atoms with E-state index in [9.17, 15) is 4.79 Å². The molecule has 1 N–H and O–H groups in total. The van der Waals surface area contributed by atoms with Crippen LogP contribution in [0.3, 0.4) is 0 Å². The van der Waals surface area contributed by atoms with Gasteiger partial charge in [-0.25, -0.2) is 4.98 Å². The summed E-state index contributed by atoms with van der Waals surface area (Å²) in [6.07, 6.45) is 5.52. The molecule has 0 aliphatic heterocycles. The van der Waals surface area contributed by atoms with Crippen molar-refractivity contribution in [3.05, 3.63) is 96.1 Å². The van der Waals surface area contributed by atoms with E-state index in [2.05, 4.69) is 40.6 Å². The smallest absolute Gasteiger partial charge is 0.255 e. The van der Waals surface area contributed by atoms with E-state index in [1.807, 2.05) is 29.0 Å². The van der Waals surface area contributed by atoms with Gasteiger partial charge in [-0.15, -0.1) is 0 Å². The Bertz CT molecular complexity index is 1250. The van der Waals surface area contributed by atoms with Gasteiger partial charge in [-0.3, -0.25) is 4.79 Å². The number of carbonyl (C=O) groups is 1. The van der Waals surface area contributed by atoms with Gasteiger partial charge in [-0.1, -0.05) is 48.5 Å². The van der Waals surface area contributed by atoms with E-state index in [1.54, 1.807) is 24.7 Å². The second kappa shape index (κ2) is 10.6. The molecule has 1 amide bonds. The van der Waals surface area contributed by atoms with Crippen LogP contribution in [0, 0.1) is 0 Å². The van der Waals surface area contributed by atoms with Crippen molar-refractivity contribution in [1.82, 2.24) is 14.9 Å². The van der Waals surface area contributed by atoms with Crippen LogP contribution in [0.25, 0.3) is 11.1 Å². The van der Waals surface area contributed by atoms with E-state index >= 15 is 0 Å². The summed E-state index contributed by atoms with van der Waals surface area (Å²) in [5.41, 5.74) is 4.73. The van der Waals surface area contributed by atoms with E-state index < -0.39 is 0 Å². The van der Waals surface area contributed by atoms with Crippen LogP contribution in [0.2, 0.25) is 0 Å². The minimum absolute atomic E-state index is 0.261. The molecule has 0 fully saturated rings. The van der Waals surface area contributed by atoms with E-state index in [4.69, 9.17) is 14.2 Å². The van der Waals surface area contributed by atoms with Crippen LogP contribution in [0.5, 0.6) is 17.2 Å². The maximum absolute atomic E-state index is 13.0. The molecule has 174 valence electrons. The average Bonchev–Trinajstić information content (AvgIpc) is 3.40. The summed E-state index contributed by atoms with van der Waals surface area (Å²) in [4.78, 5) is 17.1. The molecule has 0 radical (unpaired) electrons. The number of rotatable bonds is 9. The molecule has 0 spiro atoms. The number of nitrogens with zero attached hydrogens (tertiary/aromatic N) is 2. The second-order valence-corrected chi connectivity index (χ2v) is 7.65. The van der Waals surface area contributed by atoms with Crippen LogP contribution in [0.15, 0.2) is 79.4 Å². The number of benzene rings is 3. The molecule has 0 bridgehead atoms. The zero-order valence-corrected chi connectivity index (χ0v) is 19.4. The first-order valence-electron chi connectivity index (χ1n) is 10.8. The molecule has 0 saturated heterocycles. The molecule has 0 aliphatic carbocycles. The van der Waals surface area contributed by atoms with Crippen molar-refractivity contribution in [1.29, 1.82) is 0 Å². The SMILES string of the molecule is COc1ccc(C(=O)NCc2ccccc2-c2ccc(Cn3ccnc3)cc2)c(OC)c1OC. The Morgan fingerprint density at radius 3 is 2.35 bits per heavy atom. The minimum Gasteiger partial charge on any atom is -0.493 e. The molecule has 1 heterocycles. The van der Waals surface area contributed by atoms with Gasteiger partial charge in [0.25, 0.3) is 5.91 Å². The molecular formula is C27H27N3O4. The van der Waals surface area contributed by atoms with Crippen molar-refractivity contribution >= 4 is 5.91 Å². The lowest BCUT2D eigenvalue weighted by atomic mass is 9.98. The summed E-state index contributed by atoms with van der Waals surface area (Å²) >= 11 is 0. The van der Waals surface area contributed by atoms with Crippen LogP contribution in [-0.2, 0) is 13.1 Å². The third kappa shape index (κ3) is 4.88. The van der Waals surface area contributed by atoms with Crippen molar-refractivity contribution in [2.24, 2.45) is 0 Å². The lowest BCUT2D eigenvalue weighted by Gasteiger charge is -2.16. The quantitative estimate of drug-likeness (QED) is 0.399. The molecular weight excluding hydrogens is 430 g/mol. The number of amides is 1. The number of aromatic nitrogens is 2. The number of hydrogen-bond donors (Lipinski definition) is 1. The van der Waals surface area contributed by atoms with Gasteiger partial charge >= 0.3 is 0 Å². The van der Waals surface area contributed by atoms with Crippen molar-refractivity contribution in [3.8, 4) is 28.4 Å². The Morgan fingerprint density at radius 1 is 0.912 bits per heavy atom. The Labute approximate surface area is 198 Å². The fourth-order valence-corrected chi connectivity index (χ4v) is 3.89. The van der Waals surface area contributed by atoms with Crippen LogP contribution in [0.1, 0.15) is 21.5 Å². The fourth-order valence-electron chi connectivity index (χ4n) is 3.89. The third-order valence-corrected chi connectivity index (χ3v) is 5.59. The fraction of sp³-hybridized carbons (Fsp3) is 0.185. The number of ether oxygens (including phenoxy) is 3. The molecule has 4 aromatic rings. The van der Waals surface area contributed by atoms with Crippen molar-refractivity contribution < 1.29 is 19.0 Å². The third-order valence-electron chi connectivity index (χ3n) is 5.59. The zero-order chi connectivity index (χ0) is 23.9. The molecule has 34 heavy (non-hydrogen) atoms. The summed E-state index contributed by atoms with van der Waals surface area (Å²) in [5, 5.41) is 3.00. The van der Waals surface area contributed by atoms with Crippen molar-refractivity contribution in [2.45, 2.75) is 13.1 Å². The Balaban J connectivity index is 1.51. The van der Waals surface area contributed by atoms with Crippen LogP contribution < -0.4 is 19.5 Å². The van der Waals surface area contributed by atoms with Gasteiger partial charge in [-0.2, -0.15) is 0 Å². The number of imidazole rings is 1. The second-order valence-electron chi connectivity index (χ2n) is 7.65. The lowest BCUT2D eigenvalue weighted by molar-refractivity contribution is 0.0947. The lowest BCUT2D eigenvalue weighted by Crippen LogP contribution is -2.24. The van der Waals surface area contributed by atoms with Gasteiger partial charge in [0.1, 0.15) is 0 Å². The van der Waals surface area contributed by atoms with E-state index in [0.717, 1.165) is 23.2 Å². The highest BCUT2D eigenvalue weighted by molar-refractivity contribution is 5.98. The predicted octanol–water partition coefficient (Wildman–Crippen LogP) is 4.55. The van der Waals surface area contributed by atoms with Gasteiger partial charge in [0, 0.05) is 25.5 Å². The molecule has 0 saturated carbocycles. The van der Waals surface area contributed by atoms with Crippen LogP contribution >= 0.6 is 0 Å². The van der Waals surface area contributed by atoms with Gasteiger partial charge in [-0.05, 0) is 34.4 Å². The summed E-state index contributed by atoms with van der Waals surface area (Å²) in [6, 6.07) is 19.8. The van der Waals surface area contributed by atoms with E-state index in [1.165, 1.54) is 26.9 Å². The summed E-state index contributed by atoms with van der Waals surface area (Å²) in [5.74, 6) is 0.955. The molecule has 4 rings (SSSR count). The van der Waals surface area contributed by atoms with Gasteiger partial charge < -0.3 is 24.1 Å². The highest BCUT2D eigenvalue weighted by Gasteiger charge is 2.20. The number of nitrogens with one attached hydrogen (secondary N) is 1. The van der Waals surface area contributed by atoms with Gasteiger partial charge in [0.2, 0.25) is 5.75 Å². The van der Waals surface area contributed by atoms with Crippen molar-refractivity contribution in [2.75, 3.05) is 21.3 Å². The normalized spacial score (nSPS) is 10.6. The first-order chi connectivity index (χ1) is 16.6. The van der Waals surface area contributed by atoms with Gasteiger partial charge in [0.15, 0.2) is 11.5 Å². The van der Waals surface area contributed by atoms with Crippen LogP contribution in [-0.4, -0.2) is 36.8 Å². The highest BCUT2D eigenvalue weighted by Crippen LogP contribution is 2.39. The minimum atomic E-state index is -0.261. The zero-order valence-electron chi connectivity index (χ0n) is 19.4. The number of hydrogen-bond acceptors (Lipinski definition) is 5. The van der Waals surface area contributed by atoms with E-state index in [0.29, 0.717) is 29.4 Å².